The van der Waals surface area contributed by atoms with Gasteiger partial charge in [0.15, 0.2) is 0 Å². The molecule has 3 rings (SSSR count). The number of aromatic nitrogens is 2. The molecule has 0 aliphatic carbocycles. The molecule has 0 fully saturated rings. The molecule has 0 bridgehead atoms. The molecule has 2 heterocycles. The zero-order valence-electron chi connectivity index (χ0n) is 15.8. The largest absolute Gasteiger partial charge is 0.497 e. The van der Waals surface area contributed by atoms with Crippen LogP contribution in [0.2, 0.25) is 0 Å². The topological polar surface area (TPSA) is 89.7 Å². The summed E-state index contributed by atoms with van der Waals surface area (Å²) >= 11 is 1.53. The Bertz CT molecular complexity index is 864. The fraction of sp³-hybridized carbons (Fsp3) is 0.316. The molecule has 0 saturated heterocycles. The van der Waals surface area contributed by atoms with Crippen molar-refractivity contribution < 1.29 is 18.7 Å². The van der Waals surface area contributed by atoms with Gasteiger partial charge in [-0.15, -0.1) is 21.5 Å². The third-order valence-corrected chi connectivity index (χ3v) is 4.77. The highest BCUT2D eigenvalue weighted by atomic mass is 32.1. The van der Waals surface area contributed by atoms with Crippen LogP contribution in [0.5, 0.6) is 5.75 Å². The van der Waals surface area contributed by atoms with E-state index in [9.17, 15) is 4.79 Å². The minimum atomic E-state index is -0.140. The molecular weight excluding hydrogens is 380 g/mol. The SMILES string of the molecule is COCCN(CC(=O)Nc1ccc(OC)cc1)Cc1nnc(-c2cccs2)o1. The second-order valence-electron chi connectivity index (χ2n) is 5.96. The molecule has 148 valence electrons. The van der Waals surface area contributed by atoms with Crippen LogP contribution in [0.3, 0.4) is 0 Å². The minimum absolute atomic E-state index is 0.140. The average Bonchev–Trinajstić information content (AvgIpc) is 3.38. The summed E-state index contributed by atoms with van der Waals surface area (Å²) in [6.07, 6.45) is 0. The molecule has 3 aromatic rings. The van der Waals surface area contributed by atoms with Gasteiger partial charge in [0.05, 0.1) is 31.7 Å². The first-order valence-electron chi connectivity index (χ1n) is 8.69. The molecule has 0 aliphatic rings. The first kappa shape index (κ1) is 20.0. The highest BCUT2D eigenvalue weighted by Gasteiger charge is 2.16. The van der Waals surface area contributed by atoms with Gasteiger partial charge in [-0.1, -0.05) is 6.07 Å². The number of nitrogens with zero attached hydrogens (tertiary/aromatic N) is 3. The van der Waals surface area contributed by atoms with E-state index in [1.165, 1.54) is 11.3 Å². The van der Waals surface area contributed by atoms with E-state index in [4.69, 9.17) is 13.9 Å². The first-order chi connectivity index (χ1) is 13.7. The van der Waals surface area contributed by atoms with Crippen LogP contribution in [0.1, 0.15) is 5.89 Å². The van der Waals surface area contributed by atoms with Crippen LogP contribution in [0, 0.1) is 0 Å². The predicted octanol–water partition coefficient (Wildman–Crippen LogP) is 2.89. The van der Waals surface area contributed by atoms with Crippen molar-refractivity contribution >= 4 is 22.9 Å². The zero-order valence-corrected chi connectivity index (χ0v) is 16.6. The normalized spacial score (nSPS) is 11.0. The Hall–Kier alpha value is -2.75. The number of anilines is 1. The third kappa shape index (κ3) is 5.62. The minimum Gasteiger partial charge on any atom is -0.497 e. The molecule has 0 radical (unpaired) electrons. The van der Waals surface area contributed by atoms with Crippen LogP contribution in [0.4, 0.5) is 5.69 Å². The Morgan fingerprint density at radius 1 is 1.21 bits per heavy atom. The van der Waals surface area contributed by atoms with Crippen LogP contribution in [-0.4, -0.2) is 54.9 Å². The van der Waals surface area contributed by atoms with E-state index in [0.717, 1.165) is 10.6 Å². The van der Waals surface area contributed by atoms with Gasteiger partial charge in [0, 0.05) is 19.3 Å². The van der Waals surface area contributed by atoms with Crippen LogP contribution in [-0.2, 0) is 16.1 Å². The fourth-order valence-electron chi connectivity index (χ4n) is 2.52. The number of methoxy groups -OCH3 is 2. The number of benzene rings is 1. The van der Waals surface area contributed by atoms with Gasteiger partial charge in [-0.25, -0.2) is 0 Å². The molecule has 28 heavy (non-hydrogen) atoms. The molecule has 0 spiro atoms. The van der Waals surface area contributed by atoms with Gasteiger partial charge in [-0.2, -0.15) is 0 Å². The van der Waals surface area contributed by atoms with Crippen LogP contribution < -0.4 is 10.1 Å². The van der Waals surface area contributed by atoms with E-state index >= 15 is 0 Å². The number of nitrogens with one attached hydrogen (secondary N) is 1. The van der Waals surface area contributed by atoms with E-state index in [2.05, 4.69) is 15.5 Å². The quantitative estimate of drug-likeness (QED) is 0.558. The van der Waals surface area contributed by atoms with Crippen molar-refractivity contribution in [2.75, 3.05) is 39.2 Å². The van der Waals surface area contributed by atoms with E-state index in [0.29, 0.717) is 37.2 Å². The van der Waals surface area contributed by atoms with Crippen LogP contribution >= 0.6 is 11.3 Å². The number of carbonyl (C=O) groups is 1. The Balaban J connectivity index is 1.60. The standard InChI is InChI=1S/C19H22N4O4S/c1-25-10-9-23(12-17(24)20-14-5-7-15(26-2)8-6-14)13-18-21-22-19(27-18)16-4-3-11-28-16/h3-8,11H,9-10,12-13H2,1-2H3,(H,20,24). The van der Waals surface area contributed by atoms with Crippen molar-refractivity contribution in [3.05, 3.63) is 47.7 Å². The Kier molecular flexibility index (Phi) is 7.12. The summed E-state index contributed by atoms with van der Waals surface area (Å²) < 4.78 is 16.0. The second-order valence-corrected chi connectivity index (χ2v) is 6.91. The van der Waals surface area contributed by atoms with Crippen LogP contribution in [0.15, 0.2) is 46.2 Å². The van der Waals surface area contributed by atoms with E-state index in [-0.39, 0.29) is 12.5 Å². The Morgan fingerprint density at radius 3 is 2.71 bits per heavy atom. The molecule has 2 aromatic heterocycles. The van der Waals surface area contributed by atoms with E-state index in [1.54, 1.807) is 38.5 Å². The van der Waals surface area contributed by atoms with Crippen molar-refractivity contribution in [3.63, 3.8) is 0 Å². The highest BCUT2D eigenvalue weighted by molar-refractivity contribution is 7.13. The van der Waals surface area contributed by atoms with Crippen LogP contribution in [0.25, 0.3) is 10.8 Å². The van der Waals surface area contributed by atoms with E-state index in [1.807, 2.05) is 22.4 Å². The number of hydrogen-bond donors (Lipinski definition) is 1. The molecule has 1 N–H and O–H groups in total. The number of ether oxygens (including phenoxy) is 2. The summed E-state index contributed by atoms with van der Waals surface area (Å²) in [7, 11) is 3.22. The van der Waals surface area contributed by atoms with Gasteiger partial charge in [0.25, 0.3) is 5.89 Å². The fourth-order valence-corrected chi connectivity index (χ4v) is 3.17. The van der Waals surface area contributed by atoms with Crippen molar-refractivity contribution in [2.45, 2.75) is 6.54 Å². The maximum Gasteiger partial charge on any atom is 0.257 e. The van der Waals surface area contributed by atoms with E-state index < -0.39 is 0 Å². The number of amides is 1. The molecule has 0 saturated carbocycles. The molecule has 0 unspecified atom stereocenters. The Labute approximate surface area is 167 Å². The first-order valence-corrected chi connectivity index (χ1v) is 9.57. The lowest BCUT2D eigenvalue weighted by Crippen LogP contribution is -2.35. The summed E-state index contributed by atoms with van der Waals surface area (Å²) in [6.45, 7) is 1.58. The maximum absolute atomic E-state index is 12.4. The maximum atomic E-state index is 12.4. The summed E-state index contributed by atoms with van der Waals surface area (Å²) in [5.41, 5.74) is 0.704. The van der Waals surface area contributed by atoms with Crippen molar-refractivity contribution in [3.8, 4) is 16.5 Å². The number of thiophene rings is 1. The monoisotopic (exact) mass is 402 g/mol. The molecule has 1 aromatic carbocycles. The Morgan fingerprint density at radius 2 is 2.04 bits per heavy atom. The predicted molar refractivity (Wildman–Crippen MR) is 106 cm³/mol. The van der Waals surface area contributed by atoms with Crippen molar-refractivity contribution in [1.29, 1.82) is 0 Å². The lowest BCUT2D eigenvalue weighted by atomic mass is 10.3. The summed E-state index contributed by atoms with van der Waals surface area (Å²) in [6, 6.07) is 11.0. The third-order valence-electron chi connectivity index (χ3n) is 3.91. The lowest BCUT2D eigenvalue weighted by Gasteiger charge is -2.19. The number of carbonyl (C=O) groups excluding carboxylic acids is 1. The molecule has 9 heteroatoms. The van der Waals surface area contributed by atoms with Gasteiger partial charge in [-0.05, 0) is 35.7 Å². The van der Waals surface area contributed by atoms with Gasteiger partial charge in [-0.3, -0.25) is 9.69 Å². The molecule has 8 nitrogen and oxygen atoms in total. The lowest BCUT2D eigenvalue weighted by molar-refractivity contribution is -0.117. The molecule has 0 atom stereocenters. The van der Waals surface area contributed by atoms with Gasteiger partial charge in [0.2, 0.25) is 11.8 Å². The summed E-state index contributed by atoms with van der Waals surface area (Å²) in [5.74, 6) is 1.54. The number of hydrogen-bond acceptors (Lipinski definition) is 8. The van der Waals surface area contributed by atoms with Gasteiger partial charge < -0.3 is 19.2 Å². The highest BCUT2D eigenvalue weighted by Crippen LogP contribution is 2.23. The second kappa shape index (κ2) is 9.98. The summed E-state index contributed by atoms with van der Waals surface area (Å²) in [4.78, 5) is 15.2. The molecular formula is C19H22N4O4S. The zero-order chi connectivity index (χ0) is 19.8. The smallest absolute Gasteiger partial charge is 0.257 e. The molecule has 1 amide bonds. The van der Waals surface area contributed by atoms with Gasteiger partial charge in [0.1, 0.15) is 5.75 Å². The van der Waals surface area contributed by atoms with Crippen molar-refractivity contribution in [2.24, 2.45) is 0 Å². The van der Waals surface area contributed by atoms with Gasteiger partial charge >= 0.3 is 0 Å². The molecule has 0 aliphatic heterocycles. The average molecular weight is 402 g/mol. The number of rotatable bonds is 10. The summed E-state index contributed by atoms with van der Waals surface area (Å²) in [5, 5.41) is 13.0. The van der Waals surface area contributed by atoms with Crippen molar-refractivity contribution in [1.82, 2.24) is 15.1 Å².